The topological polar surface area (TPSA) is 98.4 Å². The van der Waals surface area contributed by atoms with Crippen LogP contribution in [0.1, 0.15) is 57.5 Å². The summed E-state index contributed by atoms with van der Waals surface area (Å²) in [4.78, 5) is 50.6. The van der Waals surface area contributed by atoms with Crippen LogP contribution in [0.4, 0.5) is 5.69 Å². The van der Waals surface area contributed by atoms with Crippen molar-refractivity contribution in [2.45, 2.75) is 31.8 Å². The first-order valence-electron chi connectivity index (χ1n) is 12.6. The Morgan fingerprint density at radius 1 is 0.865 bits per heavy atom. The first kappa shape index (κ1) is 23.0. The second-order valence-corrected chi connectivity index (χ2v) is 9.45. The fourth-order valence-corrected chi connectivity index (χ4v) is 5.29. The zero-order chi connectivity index (χ0) is 25.4. The number of imidazole rings is 1. The van der Waals surface area contributed by atoms with Crippen LogP contribution in [0.2, 0.25) is 0 Å². The predicted octanol–water partition coefficient (Wildman–Crippen LogP) is 4.21. The quantitative estimate of drug-likeness (QED) is 0.359. The first-order valence-corrected chi connectivity index (χ1v) is 12.6. The molecule has 0 saturated carbocycles. The SMILES string of the molecule is O=C(CN1C(=O)c2ccccc2N2C(=O)c3ccccc3[C@@H]12)NCCCCCc1nc2ccccc2[nH]1. The number of rotatable bonds is 8. The highest BCUT2D eigenvalue weighted by Gasteiger charge is 2.47. The van der Waals surface area contributed by atoms with Crippen LogP contribution in [0.15, 0.2) is 72.8 Å². The number of aryl methyl sites for hydroxylation is 1. The highest BCUT2D eigenvalue weighted by atomic mass is 16.2. The van der Waals surface area contributed by atoms with Crippen molar-refractivity contribution < 1.29 is 14.4 Å². The first-order chi connectivity index (χ1) is 18.1. The molecule has 3 amide bonds. The van der Waals surface area contributed by atoms with E-state index in [1.807, 2.05) is 48.5 Å². The fraction of sp³-hybridized carbons (Fsp3) is 0.241. The normalized spacial score (nSPS) is 16.1. The number of carbonyl (C=O) groups excluding carboxylic acids is 3. The van der Waals surface area contributed by atoms with E-state index in [1.54, 1.807) is 29.2 Å². The molecule has 186 valence electrons. The number of H-pyrrole nitrogens is 1. The highest BCUT2D eigenvalue weighted by molar-refractivity contribution is 6.17. The smallest absolute Gasteiger partial charge is 0.260 e. The van der Waals surface area contributed by atoms with Crippen LogP contribution in [-0.4, -0.2) is 45.7 Å². The number of aromatic nitrogens is 2. The minimum Gasteiger partial charge on any atom is -0.355 e. The second-order valence-electron chi connectivity index (χ2n) is 9.45. The lowest BCUT2D eigenvalue weighted by atomic mass is 10.0. The van der Waals surface area contributed by atoms with Crippen molar-refractivity contribution in [2.24, 2.45) is 0 Å². The Morgan fingerprint density at radius 3 is 2.49 bits per heavy atom. The summed E-state index contributed by atoms with van der Waals surface area (Å²) in [6.45, 7) is 0.413. The summed E-state index contributed by atoms with van der Waals surface area (Å²) < 4.78 is 0. The Balaban J connectivity index is 1.07. The maximum atomic E-state index is 13.4. The molecule has 1 aromatic heterocycles. The molecule has 2 N–H and O–H groups in total. The van der Waals surface area contributed by atoms with E-state index < -0.39 is 6.17 Å². The number of anilines is 1. The number of hydrogen-bond donors (Lipinski definition) is 2. The Bertz CT molecular complexity index is 1480. The molecular weight excluding hydrogens is 466 g/mol. The molecule has 6 rings (SSSR count). The van der Waals surface area contributed by atoms with Gasteiger partial charge in [0.05, 0.1) is 22.3 Å². The molecule has 8 heteroatoms. The standard InChI is InChI=1S/C29H27N5O3/c35-26(30-17-9-1-2-16-25-31-22-13-6-7-14-23(22)32-25)18-33-27-19-10-3-4-11-20(19)29(37)34(27)24-15-8-5-12-21(24)28(33)36/h3-8,10-15,27H,1-2,9,16-18H2,(H,30,35)(H,31,32)/t27-/m0/s1. The monoisotopic (exact) mass is 493 g/mol. The molecule has 0 saturated heterocycles. The summed E-state index contributed by atoms with van der Waals surface area (Å²) in [5, 5.41) is 2.95. The zero-order valence-electron chi connectivity index (χ0n) is 20.3. The summed E-state index contributed by atoms with van der Waals surface area (Å²) in [6.07, 6.45) is 2.98. The van der Waals surface area contributed by atoms with Gasteiger partial charge in [-0.3, -0.25) is 19.3 Å². The lowest BCUT2D eigenvalue weighted by molar-refractivity contribution is -0.122. The molecule has 4 aromatic rings. The molecule has 0 unspecified atom stereocenters. The second kappa shape index (κ2) is 9.54. The van der Waals surface area contributed by atoms with Gasteiger partial charge in [-0.1, -0.05) is 48.9 Å². The third-order valence-corrected chi connectivity index (χ3v) is 7.05. The molecule has 8 nitrogen and oxygen atoms in total. The average molecular weight is 494 g/mol. The van der Waals surface area contributed by atoms with Gasteiger partial charge in [-0.05, 0) is 43.2 Å². The lowest BCUT2D eigenvalue weighted by Crippen LogP contribution is -2.51. The van der Waals surface area contributed by atoms with Crippen molar-refractivity contribution in [1.82, 2.24) is 20.2 Å². The molecule has 2 aliphatic rings. The number of benzene rings is 3. The molecule has 0 radical (unpaired) electrons. The third-order valence-electron chi connectivity index (χ3n) is 7.05. The fourth-order valence-electron chi connectivity index (χ4n) is 5.29. The number of hydrogen-bond acceptors (Lipinski definition) is 4. The molecule has 0 fully saturated rings. The van der Waals surface area contributed by atoms with Gasteiger partial charge in [0.1, 0.15) is 18.5 Å². The van der Waals surface area contributed by atoms with E-state index in [9.17, 15) is 14.4 Å². The largest absolute Gasteiger partial charge is 0.355 e. The minimum atomic E-state index is -0.624. The molecule has 37 heavy (non-hydrogen) atoms. The minimum absolute atomic E-state index is 0.116. The Hall–Kier alpha value is -4.46. The van der Waals surface area contributed by atoms with Gasteiger partial charge in [0.2, 0.25) is 5.91 Å². The third kappa shape index (κ3) is 4.14. The molecule has 1 atom stereocenters. The van der Waals surface area contributed by atoms with Gasteiger partial charge in [-0.2, -0.15) is 0 Å². The zero-order valence-corrected chi connectivity index (χ0v) is 20.3. The molecule has 0 aliphatic carbocycles. The molecule has 0 spiro atoms. The molecular formula is C29H27N5O3. The molecule has 0 bridgehead atoms. The van der Waals surface area contributed by atoms with Crippen LogP contribution in [0.25, 0.3) is 11.0 Å². The number of nitrogens with zero attached hydrogens (tertiary/aromatic N) is 3. The van der Waals surface area contributed by atoms with Gasteiger partial charge < -0.3 is 15.2 Å². The summed E-state index contributed by atoms with van der Waals surface area (Å²) in [6, 6.07) is 22.4. The van der Waals surface area contributed by atoms with Crippen LogP contribution in [0.3, 0.4) is 0 Å². The van der Waals surface area contributed by atoms with Crippen molar-refractivity contribution in [1.29, 1.82) is 0 Å². The summed E-state index contributed by atoms with van der Waals surface area (Å²) in [5.74, 6) is 0.338. The Labute approximate surface area is 214 Å². The van der Waals surface area contributed by atoms with Crippen LogP contribution in [-0.2, 0) is 11.2 Å². The summed E-state index contributed by atoms with van der Waals surface area (Å²) in [5.41, 5.74) is 4.34. The van der Waals surface area contributed by atoms with Crippen LogP contribution in [0, 0.1) is 0 Å². The van der Waals surface area contributed by atoms with Crippen molar-refractivity contribution in [3.05, 3.63) is 95.3 Å². The number of nitrogens with one attached hydrogen (secondary N) is 2. The van der Waals surface area contributed by atoms with E-state index in [0.29, 0.717) is 23.4 Å². The van der Waals surface area contributed by atoms with Gasteiger partial charge in [0.15, 0.2) is 0 Å². The Morgan fingerprint density at radius 2 is 1.62 bits per heavy atom. The van der Waals surface area contributed by atoms with Crippen molar-refractivity contribution in [3.63, 3.8) is 0 Å². The maximum Gasteiger partial charge on any atom is 0.260 e. The van der Waals surface area contributed by atoms with E-state index >= 15 is 0 Å². The number of aromatic amines is 1. The molecule has 3 heterocycles. The lowest BCUT2D eigenvalue weighted by Gasteiger charge is -2.40. The van der Waals surface area contributed by atoms with Gasteiger partial charge in [0.25, 0.3) is 11.8 Å². The van der Waals surface area contributed by atoms with E-state index in [1.165, 1.54) is 4.90 Å². The number of unbranched alkanes of at least 4 members (excludes halogenated alkanes) is 2. The van der Waals surface area contributed by atoms with Gasteiger partial charge in [-0.15, -0.1) is 0 Å². The molecule has 3 aromatic carbocycles. The number of carbonyl (C=O) groups is 3. The highest BCUT2D eigenvalue weighted by Crippen LogP contribution is 2.44. The van der Waals surface area contributed by atoms with Crippen LogP contribution in [0.5, 0.6) is 0 Å². The average Bonchev–Trinajstić information content (AvgIpc) is 3.47. The summed E-state index contributed by atoms with van der Waals surface area (Å²) in [7, 11) is 0. The predicted molar refractivity (Wildman–Crippen MR) is 140 cm³/mol. The van der Waals surface area contributed by atoms with Gasteiger partial charge in [0, 0.05) is 24.1 Å². The number of para-hydroxylation sites is 3. The van der Waals surface area contributed by atoms with Gasteiger partial charge in [-0.25, -0.2) is 4.98 Å². The number of fused-ring (bicyclic) bond motifs is 6. The van der Waals surface area contributed by atoms with Crippen molar-refractivity contribution in [2.75, 3.05) is 18.0 Å². The van der Waals surface area contributed by atoms with E-state index in [4.69, 9.17) is 0 Å². The van der Waals surface area contributed by atoms with E-state index in [0.717, 1.165) is 48.1 Å². The van der Waals surface area contributed by atoms with Gasteiger partial charge >= 0.3 is 0 Å². The van der Waals surface area contributed by atoms with Crippen molar-refractivity contribution >= 4 is 34.4 Å². The van der Waals surface area contributed by atoms with E-state index in [2.05, 4.69) is 15.3 Å². The van der Waals surface area contributed by atoms with Crippen molar-refractivity contribution in [3.8, 4) is 0 Å². The Kier molecular flexibility index (Phi) is 5.92. The van der Waals surface area contributed by atoms with Crippen LogP contribution >= 0.6 is 0 Å². The molecule has 2 aliphatic heterocycles. The van der Waals surface area contributed by atoms with Crippen LogP contribution < -0.4 is 10.2 Å². The van der Waals surface area contributed by atoms with E-state index in [-0.39, 0.29) is 24.3 Å². The maximum absolute atomic E-state index is 13.4. The summed E-state index contributed by atoms with van der Waals surface area (Å²) >= 11 is 0. The number of amides is 3.